The van der Waals surface area contributed by atoms with Crippen molar-refractivity contribution in [2.45, 2.75) is 63.9 Å². The van der Waals surface area contributed by atoms with Crippen molar-refractivity contribution in [2.24, 2.45) is 0 Å². The molecule has 0 aliphatic carbocycles. The molecular weight excluding hydrogens is 352 g/mol. The number of amides is 1. The van der Waals surface area contributed by atoms with E-state index in [1.165, 1.54) is 0 Å². The average Bonchev–Trinajstić information content (AvgIpc) is 3.20. The van der Waals surface area contributed by atoms with E-state index in [9.17, 15) is 4.79 Å². The highest BCUT2D eigenvalue weighted by Gasteiger charge is 2.45. The molecule has 1 aromatic rings. The molecule has 0 radical (unpaired) electrons. The van der Waals surface area contributed by atoms with Gasteiger partial charge in [0, 0.05) is 11.9 Å². The summed E-state index contributed by atoms with van der Waals surface area (Å²) in [5, 5.41) is 2.12. The molecule has 1 fully saturated rings. The SMILES string of the molecule is C=CCOC(=O)N1CCC[C@H]1C(O[Si](C)(C)C(C)(C)C)c1cscn1. The van der Waals surface area contributed by atoms with Crippen LogP contribution in [0.2, 0.25) is 18.1 Å². The third kappa shape index (κ3) is 4.71. The summed E-state index contributed by atoms with van der Waals surface area (Å²) in [6.07, 6.45) is 2.95. The number of hydrogen-bond acceptors (Lipinski definition) is 5. The van der Waals surface area contributed by atoms with E-state index in [0.717, 1.165) is 18.5 Å². The van der Waals surface area contributed by atoms with Crippen LogP contribution in [0.15, 0.2) is 23.5 Å². The molecule has 2 rings (SSSR count). The van der Waals surface area contributed by atoms with E-state index in [-0.39, 0.29) is 29.9 Å². The van der Waals surface area contributed by atoms with E-state index in [0.29, 0.717) is 6.54 Å². The Labute approximate surface area is 156 Å². The summed E-state index contributed by atoms with van der Waals surface area (Å²) in [5.74, 6) is 0. The highest BCUT2D eigenvalue weighted by atomic mass is 32.1. The zero-order valence-electron chi connectivity index (χ0n) is 15.9. The first-order valence-electron chi connectivity index (χ1n) is 8.77. The third-order valence-electron chi connectivity index (χ3n) is 5.18. The first-order chi connectivity index (χ1) is 11.7. The van der Waals surface area contributed by atoms with Crippen molar-refractivity contribution in [1.82, 2.24) is 9.88 Å². The standard InChI is InChI=1S/C18H30N2O3SSi/c1-7-11-22-17(21)20-10-8-9-15(20)16(14-12-24-13-19-14)23-25(5,6)18(2,3)4/h7,12-13,15-16H,1,8-11H2,2-6H3/t15-,16?/m0/s1. The van der Waals surface area contributed by atoms with Gasteiger partial charge in [-0.05, 0) is 31.0 Å². The Kier molecular flexibility index (Phi) is 6.45. The predicted octanol–water partition coefficient (Wildman–Crippen LogP) is 4.99. The number of ether oxygens (including phenoxy) is 1. The first kappa shape index (κ1) is 20.1. The molecular formula is C18H30N2O3SSi. The van der Waals surface area contributed by atoms with E-state index in [1.807, 2.05) is 10.9 Å². The van der Waals surface area contributed by atoms with Crippen LogP contribution in [0.25, 0.3) is 0 Å². The summed E-state index contributed by atoms with van der Waals surface area (Å²) in [4.78, 5) is 18.8. The maximum Gasteiger partial charge on any atom is 0.410 e. The minimum absolute atomic E-state index is 0.0338. The van der Waals surface area contributed by atoms with Crippen LogP contribution < -0.4 is 0 Å². The summed E-state index contributed by atoms with van der Waals surface area (Å²) in [6.45, 7) is 15.7. The van der Waals surface area contributed by atoms with Crippen molar-refractivity contribution in [2.75, 3.05) is 13.2 Å². The van der Waals surface area contributed by atoms with Crippen LogP contribution in [0.5, 0.6) is 0 Å². The summed E-state index contributed by atoms with van der Waals surface area (Å²) < 4.78 is 12.0. The normalized spacial score (nSPS) is 19.7. The molecule has 0 spiro atoms. The topological polar surface area (TPSA) is 51.7 Å². The van der Waals surface area contributed by atoms with Crippen molar-refractivity contribution >= 4 is 25.7 Å². The molecule has 140 valence electrons. The molecule has 0 aromatic carbocycles. The number of thiazole rings is 1. The number of hydrogen-bond donors (Lipinski definition) is 0. The number of rotatable bonds is 6. The number of likely N-dealkylation sites (tertiary alicyclic amines) is 1. The predicted molar refractivity (Wildman–Crippen MR) is 104 cm³/mol. The summed E-state index contributed by atoms with van der Waals surface area (Å²) >= 11 is 1.56. The van der Waals surface area contributed by atoms with E-state index in [1.54, 1.807) is 22.3 Å². The monoisotopic (exact) mass is 382 g/mol. The maximum atomic E-state index is 12.4. The summed E-state index contributed by atoms with van der Waals surface area (Å²) in [7, 11) is -2.01. The molecule has 5 nitrogen and oxygen atoms in total. The van der Waals surface area contributed by atoms with Crippen LogP contribution in [0, 0.1) is 0 Å². The average molecular weight is 383 g/mol. The maximum absolute atomic E-state index is 12.4. The van der Waals surface area contributed by atoms with Crippen LogP contribution in [0.1, 0.15) is 45.4 Å². The zero-order valence-corrected chi connectivity index (χ0v) is 17.8. The van der Waals surface area contributed by atoms with Gasteiger partial charge in [0.1, 0.15) is 12.7 Å². The second-order valence-corrected chi connectivity index (χ2v) is 13.5. The largest absolute Gasteiger partial charge is 0.445 e. The lowest BCUT2D eigenvalue weighted by atomic mass is 10.1. The molecule has 1 aromatic heterocycles. The summed E-state index contributed by atoms with van der Waals surface area (Å²) in [6, 6.07) is -0.0338. The van der Waals surface area contributed by atoms with Crippen LogP contribution in [0.4, 0.5) is 4.79 Å². The fourth-order valence-corrected chi connectivity index (χ4v) is 4.58. The molecule has 1 aliphatic rings. The Balaban J connectivity index is 2.26. The summed E-state index contributed by atoms with van der Waals surface area (Å²) in [5.41, 5.74) is 2.75. The van der Waals surface area contributed by atoms with Gasteiger partial charge in [-0.25, -0.2) is 9.78 Å². The van der Waals surface area contributed by atoms with Crippen LogP contribution in [-0.4, -0.2) is 43.5 Å². The van der Waals surface area contributed by atoms with Gasteiger partial charge in [-0.15, -0.1) is 11.3 Å². The second-order valence-electron chi connectivity index (χ2n) is 7.98. The molecule has 2 heterocycles. The molecule has 1 amide bonds. The van der Waals surface area contributed by atoms with Crippen LogP contribution in [-0.2, 0) is 9.16 Å². The van der Waals surface area contributed by atoms with Crippen molar-refractivity contribution in [3.05, 3.63) is 29.2 Å². The van der Waals surface area contributed by atoms with Gasteiger partial charge in [-0.1, -0.05) is 33.4 Å². The molecule has 1 saturated heterocycles. The second kappa shape index (κ2) is 8.01. The molecule has 7 heteroatoms. The van der Waals surface area contributed by atoms with Crippen LogP contribution >= 0.6 is 11.3 Å². The number of carbonyl (C=O) groups is 1. The van der Waals surface area contributed by atoms with Crippen molar-refractivity contribution < 1.29 is 14.0 Å². The molecule has 0 N–H and O–H groups in total. The Hall–Kier alpha value is -1.18. The van der Waals surface area contributed by atoms with E-state index < -0.39 is 8.32 Å². The molecule has 1 unspecified atom stereocenters. The van der Waals surface area contributed by atoms with Gasteiger partial charge in [0.2, 0.25) is 0 Å². The molecule has 0 saturated carbocycles. The van der Waals surface area contributed by atoms with Gasteiger partial charge in [0.05, 0.1) is 17.2 Å². The van der Waals surface area contributed by atoms with E-state index in [4.69, 9.17) is 9.16 Å². The first-order valence-corrected chi connectivity index (χ1v) is 12.6. The van der Waals surface area contributed by atoms with E-state index in [2.05, 4.69) is 45.4 Å². The highest BCUT2D eigenvalue weighted by molar-refractivity contribution is 7.07. The van der Waals surface area contributed by atoms with Gasteiger partial charge in [-0.2, -0.15) is 0 Å². The molecule has 0 bridgehead atoms. The fraction of sp³-hybridized carbons (Fsp3) is 0.667. The molecule has 2 atom stereocenters. The minimum atomic E-state index is -2.01. The van der Waals surface area contributed by atoms with Gasteiger partial charge >= 0.3 is 6.09 Å². The highest BCUT2D eigenvalue weighted by Crippen LogP contribution is 2.42. The minimum Gasteiger partial charge on any atom is -0.445 e. The smallest absolute Gasteiger partial charge is 0.410 e. The Bertz CT molecular complexity index is 584. The van der Waals surface area contributed by atoms with Crippen molar-refractivity contribution in [1.29, 1.82) is 0 Å². The van der Waals surface area contributed by atoms with Crippen molar-refractivity contribution in [3.63, 3.8) is 0 Å². The van der Waals surface area contributed by atoms with Gasteiger partial charge in [0.25, 0.3) is 0 Å². The fourth-order valence-electron chi connectivity index (χ4n) is 2.74. The molecule has 25 heavy (non-hydrogen) atoms. The third-order valence-corrected chi connectivity index (χ3v) is 10.2. The Morgan fingerprint density at radius 1 is 1.56 bits per heavy atom. The van der Waals surface area contributed by atoms with Gasteiger partial charge < -0.3 is 14.1 Å². The van der Waals surface area contributed by atoms with Gasteiger partial charge in [-0.3, -0.25) is 0 Å². The molecule has 1 aliphatic heterocycles. The quantitative estimate of drug-likeness (QED) is 0.513. The Morgan fingerprint density at radius 2 is 2.28 bits per heavy atom. The number of aromatic nitrogens is 1. The number of carbonyl (C=O) groups excluding carboxylic acids is 1. The van der Waals surface area contributed by atoms with E-state index >= 15 is 0 Å². The number of nitrogens with zero attached hydrogens (tertiary/aromatic N) is 2. The van der Waals surface area contributed by atoms with Crippen LogP contribution in [0.3, 0.4) is 0 Å². The Morgan fingerprint density at radius 3 is 2.84 bits per heavy atom. The van der Waals surface area contributed by atoms with Crippen molar-refractivity contribution in [3.8, 4) is 0 Å². The lowest BCUT2D eigenvalue weighted by molar-refractivity contribution is 0.0587. The zero-order chi connectivity index (χ0) is 18.7. The lowest BCUT2D eigenvalue weighted by Gasteiger charge is -2.41. The lowest BCUT2D eigenvalue weighted by Crippen LogP contribution is -2.47. The van der Waals surface area contributed by atoms with Gasteiger partial charge in [0.15, 0.2) is 8.32 Å².